The molecule has 0 aliphatic carbocycles. The number of ether oxygens (including phenoxy) is 1. The van der Waals surface area contributed by atoms with Crippen LogP contribution in [0.15, 0.2) is 30.6 Å². The lowest BCUT2D eigenvalue weighted by atomic mass is 10.1. The van der Waals surface area contributed by atoms with Crippen LogP contribution in [-0.2, 0) is 6.54 Å². The molecule has 0 atom stereocenters. The average molecular weight is 285 g/mol. The molecule has 1 heterocycles. The van der Waals surface area contributed by atoms with E-state index in [9.17, 15) is 0 Å². The third-order valence-corrected chi connectivity index (χ3v) is 3.02. The van der Waals surface area contributed by atoms with Gasteiger partial charge in [0.2, 0.25) is 5.88 Å². The summed E-state index contributed by atoms with van der Waals surface area (Å²) in [6.45, 7) is 11.1. The quantitative estimate of drug-likeness (QED) is 0.928. The SMILES string of the molecule is Cc1ccc(C)c(Oc2cncc(CNC(C)(C)C)n2)c1. The molecule has 0 aliphatic rings. The molecule has 4 heteroatoms. The van der Waals surface area contributed by atoms with E-state index in [4.69, 9.17) is 4.74 Å². The van der Waals surface area contributed by atoms with Gasteiger partial charge in [-0.05, 0) is 51.8 Å². The summed E-state index contributed by atoms with van der Waals surface area (Å²) < 4.78 is 5.86. The highest BCUT2D eigenvalue weighted by atomic mass is 16.5. The van der Waals surface area contributed by atoms with Crippen molar-refractivity contribution in [3.8, 4) is 11.6 Å². The van der Waals surface area contributed by atoms with Crippen molar-refractivity contribution >= 4 is 0 Å². The van der Waals surface area contributed by atoms with E-state index in [2.05, 4.69) is 42.1 Å². The fourth-order valence-corrected chi connectivity index (χ4v) is 1.81. The predicted octanol–water partition coefficient (Wildman–Crippen LogP) is 3.77. The largest absolute Gasteiger partial charge is 0.437 e. The van der Waals surface area contributed by atoms with Crippen LogP contribution in [0.5, 0.6) is 11.6 Å². The van der Waals surface area contributed by atoms with E-state index in [0.717, 1.165) is 22.6 Å². The summed E-state index contributed by atoms with van der Waals surface area (Å²) in [5, 5.41) is 3.39. The number of benzene rings is 1. The molecule has 1 N–H and O–H groups in total. The van der Waals surface area contributed by atoms with Gasteiger partial charge >= 0.3 is 0 Å². The molecule has 0 saturated heterocycles. The Morgan fingerprint density at radius 1 is 1.14 bits per heavy atom. The van der Waals surface area contributed by atoms with E-state index in [-0.39, 0.29) is 5.54 Å². The van der Waals surface area contributed by atoms with Crippen LogP contribution in [0.25, 0.3) is 0 Å². The zero-order chi connectivity index (χ0) is 15.5. The molecular weight excluding hydrogens is 262 g/mol. The molecule has 0 saturated carbocycles. The monoisotopic (exact) mass is 285 g/mol. The van der Waals surface area contributed by atoms with Crippen molar-refractivity contribution in [3.05, 3.63) is 47.4 Å². The summed E-state index contributed by atoms with van der Waals surface area (Å²) in [4.78, 5) is 8.70. The maximum absolute atomic E-state index is 5.86. The fraction of sp³-hybridized carbons (Fsp3) is 0.412. The van der Waals surface area contributed by atoms with Crippen LogP contribution >= 0.6 is 0 Å². The number of nitrogens with zero attached hydrogens (tertiary/aromatic N) is 2. The molecule has 0 spiro atoms. The molecule has 112 valence electrons. The van der Waals surface area contributed by atoms with Crippen molar-refractivity contribution < 1.29 is 4.74 Å². The topological polar surface area (TPSA) is 47.0 Å². The van der Waals surface area contributed by atoms with Gasteiger partial charge < -0.3 is 10.1 Å². The molecule has 21 heavy (non-hydrogen) atoms. The second-order valence-corrected chi connectivity index (χ2v) is 6.32. The average Bonchev–Trinajstić information content (AvgIpc) is 2.40. The Bertz CT molecular complexity index is 618. The zero-order valence-electron chi connectivity index (χ0n) is 13.4. The molecule has 0 unspecified atom stereocenters. The first-order chi connectivity index (χ1) is 9.83. The van der Waals surface area contributed by atoms with E-state index in [0.29, 0.717) is 12.4 Å². The molecular formula is C17H23N3O. The summed E-state index contributed by atoms with van der Waals surface area (Å²) in [6, 6.07) is 6.12. The minimum Gasteiger partial charge on any atom is -0.437 e. The second-order valence-electron chi connectivity index (χ2n) is 6.32. The summed E-state index contributed by atoms with van der Waals surface area (Å²) in [6.07, 6.45) is 3.40. The Labute approximate surface area is 126 Å². The lowest BCUT2D eigenvalue weighted by molar-refractivity contribution is 0.414. The first kappa shape index (κ1) is 15.4. The lowest BCUT2D eigenvalue weighted by Gasteiger charge is -2.20. The highest BCUT2D eigenvalue weighted by molar-refractivity contribution is 5.38. The number of aromatic nitrogens is 2. The Balaban J connectivity index is 2.12. The van der Waals surface area contributed by atoms with Gasteiger partial charge in [-0.15, -0.1) is 0 Å². The van der Waals surface area contributed by atoms with Gasteiger partial charge in [-0.3, -0.25) is 4.98 Å². The first-order valence-electron chi connectivity index (χ1n) is 7.14. The van der Waals surface area contributed by atoms with Gasteiger partial charge in [0, 0.05) is 18.3 Å². The minimum absolute atomic E-state index is 0.0473. The van der Waals surface area contributed by atoms with Crippen molar-refractivity contribution in [1.29, 1.82) is 0 Å². The molecule has 1 aromatic heterocycles. The van der Waals surface area contributed by atoms with Gasteiger partial charge in [0.1, 0.15) is 5.75 Å². The van der Waals surface area contributed by atoms with Gasteiger partial charge in [-0.25, -0.2) is 4.98 Å². The summed E-state index contributed by atoms with van der Waals surface area (Å²) in [5.41, 5.74) is 3.16. The number of rotatable bonds is 4. The van der Waals surface area contributed by atoms with Crippen LogP contribution in [0.4, 0.5) is 0 Å². The van der Waals surface area contributed by atoms with Crippen LogP contribution in [0.3, 0.4) is 0 Å². The molecule has 1 aromatic carbocycles. The minimum atomic E-state index is 0.0473. The number of nitrogens with one attached hydrogen (secondary N) is 1. The van der Waals surface area contributed by atoms with E-state index in [1.807, 2.05) is 26.0 Å². The fourth-order valence-electron chi connectivity index (χ4n) is 1.81. The maximum atomic E-state index is 5.86. The molecule has 2 rings (SSSR count). The Morgan fingerprint density at radius 2 is 1.90 bits per heavy atom. The number of hydrogen-bond acceptors (Lipinski definition) is 4. The molecule has 2 aromatic rings. The molecule has 0 aliphatic heterocycles. The third-order valence-electron chi connectivity index (χ3n) is 3.02. The smallest absolute Gasteiger partial charge is 0.238 e. The van der Waals surface area contributed by atoms with Gasteiger partial charge in [0.25, 0.3) is 0 Å². The lowest BCUT2D eigenvalue weighted by Crippen LogP contribution is -2.35. The summed E-state index contributed by atoms with van der Waals surface area (Å²) >= 11 is 0. The van der Waals surface area contributed by atoms with Crippen molar-refractivity contribution in [2.75, 3.05) is 0 Å². The van der Waals surface area contributed by atoms with Crippen LogP contribution in [0, 0.1) is 13.8 Å². The van der Waals surface area contributed by atoms with E-state index >= 15 is 0 Å². The Morgan fingerprint density at radius 3 is 2.62 bits per heavy atom. The van der Waals surface area contributed by atoms with Crippen LogP contribution in [0.2, 0.25) is 0 Å². The number of hydrogen-bond donors (Lipinski definition) is 1. The Kier molecular flexibility index (Phi) is 4.58. The van der Waals surface area contributed by atoms with E-state index in [1.165, 1.54) is 0 Å². The van der Waals surface area contributed by atoms with E-state index in [1.54, 1.807) is 12.4 Å². The molecule has 0 bridgehead atoms. The van der Waals surface area contributed by atoms with Gasteiger partial charge in [-0.1, -0.05) is 12.1 Å². The normalized spacial score (nSPS) is 11.5. The highest BCUT2D eigenvalue weighted by Gasteiger charge is 2.10. The molecule has 0 radical (unpaired) electrons. The highest BCUT2D eigenvalue weighted by Crippen LogP contribution is 2.24. The zero-order valence-corrected chi connectivity index (χ0v) is 13.4. The molecule has 4 nitrogen and oxygen atoms in total. The van der Waals surface area contributed by atoms with Gasteiger partial charge in [0.15, 0.2) is 0 Å². The van der Waals surface area contributed by atoms with Gasteiger partial charge in [-0.2, -0.15) is 0 Å². The van der Waals surface area contributed by atoms with E-state index < -0.39 is 0 Å². The molecule has 0 fully saturated rings. The summed E-state index contributed by atoms with van der Waals surface area (Å²) in [5.74, 6) is 1.35. The third kappa shape index (κ3) is 4.83. The number of aryl methyl sites for hydroxylation is 2. The van der Waals surface area contributed by atoms with Crippen LogP contribution in [-0.4, -0.2) is 15.5 Å². The Hall–Kier alpha value is -1.94. The van der Waals surface area contributed by atoms with Crippen molar-refractivity contribution in [2.45, 2.75) is 46.7 Å². The van der Waals surface area contributed by atoms with Crippen molar-refractivity contribution in [1.82, 2.24) is 15.3 Å². The van der Waals surface area contributed by atoms with Gasteiger partial charge in [0.05, 0.1) is 11.9 Å². The predicted molar refractivity (Wildman–Crippen MR) is 84.6 cm³/mol. The standard InChI is InChI=1S/C17H23N3O/c1-12-6-7-13(2)15(8-12)21-16-11-18-9-14(20-16)10-19-17(3,4)5/h6-9,11,19H,10H2,1-5H3. The van der Waals surface area contributed by atoms with Crippen LogP contribution < -0.4 is 10.1 Å². The van der Waals surface area contributed by atoms with Crippen molar-refractivity contribution in [2.24, 2.45) is 0 Å². The maximum Gasteiger partial charge on any atom is 0.238 e. The second kappa shape index (κ2) is 6.22. The van der Waals surface area contributed by atoms with Crippen molar-refractivity contribution in [3.63, 3.8) is 0 Å². The molecule has 0 amide bonds. The first-order valence-corrected chi connectivity index (χ1v) is 7.14. The summed E-state index contributed by atoms with van der Waals surface area (Å²) in [7, 11) is 0. The van der Waals surface area contributed by atoms with Crippen LogP contribution in [0.1, 0.15) is 37.6 Å².